The number of carbonyl (C=O) groups is 2. The van der Waals surface area contributed by atoms with Crippen LogP contribution in [-0.4, -0.2) is 23.7 Å². The van der Waals surface area contributed by atoms with Gasteiger partial charge in [-0.2, -0.15) is 13.2 Å². The zero-order valence-corrected chi connectivity index (χ0v) is 15.0. The number of alkyl halides is 3. The largest absolute Gasteiger partial charge is 0.398 e. The SMILES string of the molecule is O=C(Nc1ccccc1SCC(F)(F)F)c1ccc(NC(=O)C2CC2)cc1. The number of amides is 2. The Labute approximate surface area is 158 Å². The monoisotopic (exact) mass is 394 g/mol. The lowest BCUT2D eigenvalue weighted by Crippen LogP contribution is -2.15. The number of nitrogens with one attached hydrogen (secondary N) is 2. The van der Waals surface area contributed by atoms with E-state index < -0.39 is 17.8 Å². The molecule has 0 spiro atoms. The fourth-order valence-electron chi connectivity index (χ4n) is 2.34. The highest BCUT2D eigenvalue weighted by Gasteiger charge is 2.29. The first-order chi connectivity index (χ1) is 12.8. The van der Waals surface area contributed by atoms with Crippen LogP contribution >= 0.6 is 11.8 Å². The summed E-state index contributed by atoms with van der Waals surface area (Å²) < 4.78 is 37.3. The molecule has 4 nitrogen and oxygen atoms in total. The summed E-state index contributed by atoms with van der Waals surface area (Å²) in [5, 5.41) is 5.42. The Kier molecular flexibility index (Phi) is 5.74. The van der Waals surface area contributed by atoms with Crippen LogP contribution < -0.4 is 10.6 Å². The first-order valence-electron chi connectivity index (χ1n) is 8.33. The Morgan fingerprint density at radius 3 is 2.30 bits per heavy atom. The van der Waals surface area contributed by atoms with Gasteiger partial charge in [-0.05, 0) is 49.2 Å². The minimum Gasteiger partial charge on any atom is -0.326 e. The van der Waals surface area contributed by atoms with Gasteiger partial charge in [0.1, 0.15) is 0 Å². The van der Waals surface area contributed by atoms with Crippen molar-refractivity contribution in [1.29, 1.82) is 0 Å². The summed E-state index contributed by atoms with van der Waals surface area (Å²) >= 11 is 0.622. The molecule has 1 aliphatic rings. The maximum absolute atomic E-state index is 12.4. The van der Waals surface area contributed by atoms with Gasteiger partial charge < -0.3 is 10.6 Å². The molecule has 2 amide bonds. The summed E-state index contributed by atoms with van der Waals surface area (Å²) in [6.07, 6.45) is -2.49. The molecule has 0 heterocycles. The fourth-order valence-corrected chi connectivity index (χ4v) is 3.11. The summed E-state index contributed by atoms with van der Waals surface area (Å²) in [5.74, 6) is -1.41. The predicted octanol–water partition coefficient (Wildman–Crippen LogP) is 4.94. The van der Waals surface area contributed by atoms with Crippen molar-refractivity contribution in [1.82, 2.24) is 0 Å². The minimum absolute atomic E-state index is 0.0252. The number of carbonyl (C=O) groups excluding carboxylic acids is 2. The smallest absolute Gasteiger partial charge is 0.326 e. The van der Waals surface area contributed by atoms with Gasteiger partial charge in [-0.1, -0.05) is 12.1 Å². The Balaban J connectivity index is 1.64. The Morgan fingerprint density at radius 2 is 1.67 bits per heavy atom. The number of hydrogen-bond acceptors (Lipinski definition) is 3. The quantitative estimate of drug-likeness (QED) is 0.682. The molecule has 0 unspecified atom stereocenters. The lowest BCUT2D eigenvalue weighted by atomic mass is 10.2. The third kappa shape index (κ3) is 5.75. The molecule has 0 aromatic heterocycles. The van der Waals surface area contributed by atoms with Crippen molar-refractivity contribution in [3.8, 4) is 0 Å². The van der Waals surface area contributed by atoms with Crippen molar-refractivity contribution in [3.63, 3.8) is 0 Å². The van der Waals surface area contributed by atoms with Gasteiger partial charge >= 0.3 is 6.18 Å². The molecule has 2 N–H and O–H groups in total. The van der Waals surface area contributed by atoms with E-state index in [-0.39, 0.29) is 11.8 Å². The summed E-state index contributed by atoms with van der Waals surface area (Å²) in [6.45, 7) is 0. The first kappa shape index (κ1) is 19.3. The van der Waals surface area contributed by atoms with Gasteiger partial charge in [-0.15, -0.1) is 11.8 Å². The van der Waals surface area contributed by atoms with Crippen LogP contribution in [-0.2, 0) is 4.79 Å². The number of halogens is 3. The van der Waals surface area contributed by atoms with Crippen LogP contribution in [0.25, 0.3) is 0 Å². The van der Waals surface area contributed by atoms with Gasteiger partial charge in [0.25, 0.3) is 5.91 Å². The summed E-state index contributed by atoms with van der Waals surface area (Å²) in [4.78, 5) is 24.5. The highest BCUT2D eigenvalue weighted by Crippen LogP contribution is 2.32. The number of benzene rings is 2. The lowest BCUT2D eigenvalue weighted by Gasteiger charge is -2.12. The van der Waals surface area contributed by atoms with E-state index in [0.29, 0.717) is 33.6 Å². The second kappa shape index (κ2) is 8.04. The molecule has 1 saturated carbocycles. The fraction of sp³-hybridized carbons (Fsp3) is 0.263. The van der Waals surface area contributed by atoms with E-state index in [1.54, 1.807) is 42.5 Å². The summed E-state index contributed by atoms with van der Waals surface area (Å²) in [6, 6.07) is 12.7. The number of anilines is 2. The van der Waals surface area contributed by atoms with E-state index in [4.69, 9.17) is 0 Å². The Bertz CT molecular complexity index is 834. The van der Waals surface area contributed by atoms with Crippen LogP contribution in [0.3, 0.4) is 0 Å². The molecular weight excluding hydrogens is 377 g/mol. The van der Waals surface area contributed by atoms with Gasteiger partial charge in [0.05, 0.1) is 11.4 Å². The number of thioether (sulfide) groups is 1. The summed E-state index contributed by atoms with van der Waals surface area (Å²) in [5.41, 5.74) is 1.27. The number of rotatable bonds is 6. The highest BCUT2D eigenvalue weighted by atomic mass is 32.2. The second-order valence-corrected chi connectivity index (χ2v) is 7.21. The molecule has 27 heavy (non-hydrogen) atoms. The molecule has 0 atom stereocenters. The zero-order valence-electron chi connectivity index (χ0n) is 14.2. The predicted molar refractivity (Wildman–Crippen MR) is 99.0 cm³/mol. The van der Waals surface area contributed by atoms with Crippen molar-refractivity contribution in [3.05, 3.63) is 54.1 Å². The number of hydrogen-bond donors (Lipinski definition) is 2. The zero-order chi connectivity index (χ0) is 19.4. The molecule has 0 bridgehead atoms. The van der Waals surface area contributed by atoms with Gasteiger partial charge in [0.2, 0.25) is 5.91 Å². The molecule has 0 aliphatic heterocycles. The Hall–Kier alpha value is -2.48. The van der Waals surface area contributed by atoms with E-state index in [2.05, 4.69) is 10.6 Å². The van der Waals surface area contributed by atoms with E-state index in [9.17, 15) is 22.8 Å². The Morgan fingerprint density at radius 1 is 1.00 bits per heavy atom. The lowest BCUT2D eigenvalue weighted by molar-refractivity contribution is -0.117. The molecule has 0 saturated heterocycles. The third-order valence-corrected chi connectivity index (χ3v) is 5.03. The van der Waals surface area contributed by atoms with Crippen molar-refractivity contribution < 1.29 is 22.8 Å². The maximum Gasteiger partial charge on any atom is 0.398 e. The minimum atomic E-state index is -4.29. The van der Waals surface area contributed by atoms with Crippen LogP contribution in [0.2, 0.25) is 0 Å². The first-order valence-corrected chi connectivity index (χ1v) is 9.31. The molecule has 8 heteroatoms. The average molecular weight is 394 g/mol. The molecule has 1 aliphatic carbocycles. The van der Waals surface area contributed by atoms with Gasteiger partial charge in [0.15, 0.2) is 0 Å². The van der Waals surface area contributed by atoms with Crippen LogP contribution in [0, 0.1) is 5.92 Å². The summed E-state index contributed by atoms with van der Waals surface area (Å²) in [7, 11) is 0. The van der Waals surface area contributed by atoms with Crippen molar-refractivity contribution in [2.24, 2.45) is 5.92 Å². The maximum atomic E-state index is 12.4. The molecule has 142 valence electrons. The third-order valence-electron chi connectivity index (χ3n) is 3.89. The standard InChI is InChI=1S/C19H17F3N2O2S/c20-19(21,22)11-27-16-4-2-1-3-15(16)24-18(26)13-7-9-14(10-8-13)23-17(25)12-5-6-12/h1-4,7-10,12H,5-6,11H2,(H,23,25)(H,24,26). The molecule has 2 aromatic carbocycles. The van der Waals surface area contributed by atoms with Crippen molar-refractivity contribution in [2.75, 3.05) is 16.4 Å². The van der Waals surface area contributed by atoms with Gasteiger partial charge in [-0.3, -0.25) is 9.59 Å². The second-order valence-electron chi connectivity index (χ2n) is 6.20. The molecule has 1 fully saturated rings. The topological polar surface area (TPSA) is 58.2 Å². The van der Waals surface area contributed by atoms with Crippen molar-refractivity contribution in [2.45, 2.75) is 23.9 Å². The van der Waals surface area contributed by atoms with E-state index in [0.717, 1.165) is 12.8 Å². The van der Waals surface area contributed by atoms with Gasteiger partial charge in [-0.25, -0.2) is 0 Å². The van der Waals surface area contributed by atoms with Crippen LogP contribution in [0.15, 0.2) is 53.4 Å². The van der Waals surface area contributed by atoms with E-state index in [1.165, 1.54) is 6.07 Å². The van der Waals surface area contributed by atoms with Crippen LogP contribution in [0.5, 0.6) is 0 Å². The van der Waals surface area contributed by atoms with Crippen molar-refractivity contribution >= 4 is 35.0 Å². The van der Waals surface area contributed by atoms with Crippen LogP contribution in [0.4, 0.5) is 24.5 Å². The highest BCUT2D eigenvalue weighted by molar-refractivity contribution is 7.99. The normalized spacial score (nSPS) is 13.9. The van der Waals surface area contributed by atoms with E-state index in [1.807, 2.05) is 0 Å². The van der Waals surface area contributed by atoms with Gasteiger partial charge in [0, 0.05) is 22.1 Å². The molecule has 0 radical (unpaired) electrons. The van der Waals surface area contributed by atoms with E-state index >= 15 is 0 Å². The average Bonchev–Trinajstić information content (AvgIpc) is 3.46. The number of para-hydroxylation sites is 1. The molecule has 3 rings (SSSR count). The molecule has 2 aromatic rings. The van der Waals surface area contributed by atoms with Crippen LogP contribution in [0.1, 0.15) is 23.2 Å². The molecular formula is C19H17F3N2O2S.